The van der Waals surface area contributed by atoms with E-state index in [9.17, 15) is 10.4 Å². The molecule has 1 aromatic carbocycles. The van der Waals surface area contributed by atoms with Crippen molar-refractivity contribution in [3.8, 4) is 23.1 Å². The van der Waals surface area contributed by atoms with Crippen LogP contribution in [0, 0.1) is 25.2 Å². The summed E-state index contributed by atoms with van der Waals surface area (Å²) in [7, 11) is 0. The molecule has 0 bridgehead atoms. The zero-order chi connectivity index (χ0) is 15.0. The Bertz CT molecular complexity index is 752. The van der Waals surface area contributed by atoms with E-state index >= 15 is 0 Å². The Labute approximate surface area is 120 Å². The van der Waals surface area contributed by atoms with Crippen LogP contribution in [0.4, 0.5) is 11.8 Å². The summed E-state index contributed by atoms with van der Waals surface area (Å²) in [4.78, 5) is 7.75. The van der Waals surface area contributed by atoms with Crippen LogP contribution < -0.4 is 11.5 Å². The van der Waals surface area contributed by atoms with Crippen molar-refractivity contribution in [3.63, 3.8) is 0 Å². The van der Waals surface area contributed by atoms with E-state index in [4.69, 9.17) is 23.1 Å². The Morgan fingerprint density at radius 1 is 1.30 bits per heavy atom. The number of hydrogen-bond donors (Lipinski definition) is 3. The smallest absolute Gasteiger partial charge is 0.222 e. The van der Waals surface area contributed by atoms with E-state index in [1.165, 1.54) is 6.07 Å². The molecule has 1 aromatic heterocycles. The fourth-order valence-corrected chi connectivity index (χ4v) is 2.17. The first-order valence-electron chi connectivity index (χ1n) is 5.69. The second kappa shape index (κ2) is 4.87. The number of nitriles is 1. The van der Waals surface area contributed by atoms with Crippen LogP contribution in [0.1, 0.15) is 16.7 Å². The lowest BCUT2D eigenvalue weighted by atomic mass is 9.98. The van der Waals surface area contributed by atoms with Crippen molar-refractivity contribution in [2.45, 2.75) is 13.8 Å². The van der Waals surface area contributed by atoms with Crippen molar-refractivity contribution in [3.05, 3.63) is 27.8 Å². The number of nitrogens with zero attached hydrogens (tertiary/aromatic N) is 3. The first-order chi connectivity index (χ1) is 9.36. The van der Waals surface area contributed by atoms with E-state index < -0.39 is 0 Å². The van der Waals surface area contributed by atoms with E-state index in [0.29, 0.717) is 16.1 Å². The molecule has 0 saturated heterocycles. The number of aromatic hydroxyl groups is 1. The van der Waals surface area contributed by atoms with Crippen molar-refractivity contribution in [1.29, 1.82) is 5.26 Å². The molecule has 2 rings (SSSR count). The highest BCUT2D eigenvalue weighted by Gasteiger charge is 2.20. The molecule has 0 spiro atoms. The minimum atomic E-state index is -0.0769. The number of hydrogen-bond acceptors (Lipinski definition) is 6. The van der Waals surface area contributed by atoms with Crippen LogP contribution in [0.3, 0.4) is 0 Å². The third-order valence-corrected chi connectivity index (χ3v) is 3.54. The fourth-order valence-electron chi connectivity index (χ4n) is 2.02. The molecule has 6 nitrogen and oxygen atoms in total. The second-order valence-electron chi connectivity index (χ2n) is 4.33. The Hall–Kier alpha value is -2.52. The average Bonchev–Trinajstić information content (AvgIpc) is 2.35. The number of aryl methyl sites for hydroxylation is 1. The number of halogens is 1. The van der Waals surface area contributed by atoms with Gasteiger partial charge in [0, 0.05) is 10.6 Å². The largest absolute Gasteiger partial charge is 0.507 e. The lowest BCUT2D eigenvalue weighted by Crippen LogP contribution is -2.06. The van der Waals surface area contributed by atoms with Gasteiger partial charge in [0.15, 0.2) is 0 Å². The molecule has 0 fully saturated rings. The molecule has 5 N–H and O–H groups in total. The van der Waals surface area contributed by atoms with E-state index in [-0.39, 0.29) is 28.8 Å². The molecule has 7 heteroatoms. The molecule has 0 unspecified atom stereocenters. The van der Waals surface area contributed by atoms with E-state index in [0.717, 1.165) is 5.56 Å². The van der Waals surface area contributed by atoms with E-state index in [1.54, 1.807) is 13.8 Å². The van der Waals surface area contributed by atoms with Crippen LogP contribution in [0.2, 0.25) is 5.02 Å². The predicted octanol–water partition coefficient (Wildman–Crippen LogP) is 2.16. The number of nitrogens with two attached hydrogens (primary N) is 2. The third kappa shape index (κ3) is 2.08. The van der Waals surface area contributed by atoms with Crippen LogP contribution in [-0.4, -0.2) is 15.1 Å². The molecule has 0 amide bonds. The summed E-state index contributed by atoms with van der Waals surface area (Å²) < 4.78 is 0. The molecule has 0 aliphatic carbocycles. The van der Waals surface area contributed by atoms with Gasteiger partial charge in [0.05, 0.1) is 5.69 Å². The SMILES string of the molecule is Cc1cc(O)c(-c2nc(N)nc(N)c2C#N)c(C)c1Cl. The van der Waals surface area contributed by atoms with Crippen molar-refractivity contribution in [2.24, 2.45) is 0 Å². The quantitative estimate of drug-likeness (QED) is 0.739. The van der Waals surface area contributed by atoms with Crippen molar-refractivity contribution >= 4 is 23.4 Å². The van der Waals surface area contributed by atoms with Gasteiger partial charge in [0.2, 0.25) is 5.95 Å². The Balaban J connectivity index is 2.89. The standard InChI is InChI=1S/C13H12ClN5O/c1-5-3-8(20)9(6(2)10(5)14)11-7(4-15)12(16)19-13(17)18-11/h3,20H,1-2H3,(H4,16,17,18,19). The summed E-state index contributed by atoms with van der Waals surface area (Å²) in [5.74, 6) is -0.157. The summed E-state index contributed by atoms with van der Waals surface area (Å²) >= 11 is 6.18. The van der Waals surface area contributed by atoms with Gasteiger partial charge >= 0.3 is 0 Å². The molecule has 0 aliphatic rings. The number of anilines is 2. The summed E-state index contributed by atoms with van der Waals surface area (Å²) in [6, 6.07) is 3.42. The summed E-state index contributed by atoms with van der Waals surface area (Å²) in [5, 5.41) is 19.8. The number of phenols is 1. The first-order valence-corrected chi connectivity index (χ1v) is 6.06. The molecular weight excluding hydrogens is 278 g/mol. The lowest BCUT2D eigenvalue weighted by Gasteiger charge is -2.14. The van der Waals surface area contributed by atoms with Crippen LogP contribution in [0.5, 0.6) is 5.75 Å². The third-order valence-electron chi connectivity index (χ3n) is 2.96. The maximum atomic E-state index is 10.1. The normalized spacial score (nSPS) is 10.3. The van der Waals surface area contributed by atoms with E-state index in [2.05, 4.69) is 9.97 Å². The van der Waals surface area contributed by atoms with Gasteiger partial charge in [-0.3, -0.25) is 0 Å². The molecular formula is C13H12ClN5O. The molecule has 20 heavy (non-hydrogen) atoms. The lowest BCUT2D eigenvalue weighted by molar-refractivity contribution is 0.476. The van der Waals surface area contributed by atoms with Crippen molar-refractivity contribution < 1.29 is 5.11 Å². The van der Waals surface area contributed by atoms with Gasteiger partial charge in [0.25, 0.3) is 0 Å². The minimum absolute atomic E-state index is 0.0366. The van der Waals surface area contributed by atoms with Gasteiger partial charge in [0.1, 0.15) is 23.2 Å². The number of benzene rings is 1. The number of aromatic nitrogens is 2. The van der Waals surface area contributed by atoms with Crippen LogP contribution in [-0.2, 0) is 0 Å². The molecule has 0 saturated carbocycles. The van der Waals surface area contributed by atoms with E-state index in [1.807, 2.05) is 6.07 Å². The molecule has 0 radical (unpaired) electrons. The summed E-state index contributed by atoms with van der Waals surface area (Å²) in [6.45, 7) is 3.49. The molecule has 0 atom stereocenters. The van der Waals surface area contributed by atoms with Crippen LogP contribution >= 0.6 is 11.6 Å². The number of phenolic OH excluding ortho intramolecular Hbond substituents is 1. The Morgan fingerprint density at radius 3 is 2.55 bits per heavy atom. The maximum absolute atomic E-state index is 10.1. The molecule has 0 aliphatic heterocycles. The van der Waals surface area contributed by atoms with Gasteiger partial charge in [-0.15, -0.1) is 0 Å². The van der Waals surface area contributed by atoms with Gasteiger partial charge in [-0.1, -0.05) is 11.6 Å². The molecule has 1 heterocycles. The highest BCUT2D eigenvalue weighted by atomic mass is 35.5. The number of rotatable bonds is 1. The van der Waals surface area contributed by atoms with Gasteiger partial charge in [-0.25, -0.2) is 4.98 Å². The summed E-state index contributed by atoms with van der Waals surface area (Å²) in [5.41, 5.74) is 13.1. The van der Waals surface area contributed by atoms with Crippen LogP contribution in [0.15, 0.2) is 6.07 Å². The Morgan fingerprint density at radius 2 is 1.95 bits per heavy atom. The topological polar surface area (TPSA) is 122 Å². The highest BCUT2D eigenvalue weighted by molar-refractivity contribution is 6.32. The Kier molecular flexibility index (Phi) is 3.38. The predicted molar refractivity (Wildman–Crippen MR) is 77.2 cm³/mol. The zero-order valence-corrected chi connectivity index (χ0v) is 11.7. The maximum Gasteiger partial charge on any atom is 0.222 e. The molecule has 2 aromatic rings. The van der Waals surface area contributed by atoms with Crippen LogP contribution in [0.25, 0.3) is 11.3 Å². The van der Waals surface area contributed by atoms with Gasteiger partial charge in [-0.2, -0.15) is 10.2 Å². The molecule has 102 valence electrons. The summed E-state index contributed by atoms with van der Waals surface area (Å²) in [6.07, 6.45) is 0. The minimum Gasteiger partial charge on any atom is -0.507 e. The number of nitrogen functional groups attached to an aromatic ring is 2. The monoisotopic (exact) mass is 289 g/mol. The highest BCUT2D eigenvalue weighted by Crippen LogP contribution is 2.39. The zero-order valence-electron chi connectivity index (χ0n) is 10.9. The second-order valence-corrected chi connectivity index (χ2v) is 4.71. The fraction of sp³-hybridized carbons (Fsp3) is 0.154. The van der Waals surface area contributed by atoms with Gasteiger partial charge in [-0.05, 0) is 31.0 Å². The van der Waals surface area contributed by atoms with Crippen molar-refractivity contribution in [2.75, 3.05) is 11.5 Å². The first kappa shape index (κ1) is 13.9. The van der Waals surface area contributed by atoms with Gasteiger partial charge < -0.3 is 16.6 Å². The van der Waals surface area contributed by atoms with Crippen molar-refractivity contribution in [1.82, 2.24) is 9.97 Å². The average molecular weight is 290 g/mol.